The number of hydrogen-bond donors (Lipinski definition) is 1. The van der Waals surface area contributed by atoms with E-state index in [9.17, 15) is 0 Å². The number of nitrogens with zero attached hydrogens (tertiary/aromatic N) is 1. The second-order valence-electron chi connectivity index (χ2n) is 3.81. The van der Waals surface area contributed by atoms with Crippen LogP contribution in [0.3, 0.4) is 0 Å². The van der Waals surface area contributed by atoms with Crippen molar-refractivity contribution in [3.63, 3.8) is 0 Å². The summed E-state index contributed by atoms with van der Waals surface area (Å²) in [6.07, 6.45) is 4.10. The standard InChI is InChI=1S/C9H16N2/c1-7-2-3-8(6-7)9-10-4-5-11-9/h7-8H,2-6H2,1H3,(H,10,11). The molecule has 2 atom stereocenters. The van der Waals surface area contributed by atoms with Gasteiger partial charge in [0.05, 0.1) is 12.4 Å². The Morgan fingerprint density at radius 1 is 1.45 bits per heavy atom. The molecule has 1 saturated carbocycles. The lowest BCUT2D eigenvalue weighted by atomic mass is 10.1. The van der Waals surface area contributed by atoms with Crippen LogP contribution in [0, 0.1) is 11.8 Å². The fourth-order valence-corrected chi connectivity index (χ4v) is 2.15. The molecule has 0 spiro atoms. The highest BCUT2D eigenvalue weighted by molar-refractivity contribution is 5.86. The first-order valence-corrected chi connectivity index (χ1v) is 4.64. The minimum absolute atomic E-state index is 0.771. The van der Waals surface area contributed by atoms with Crippen molar-refractivity contribution in [1.82, 2.24) is 5.32 Å². The van der Waals surface area contributed by atoms with Gasteiger partial charge in [-0.15, -0.1) is 0 Å². The first-order chi connectivity index (χ1) is 5.36. The van der Waals surface area contributed by atoms with Crippen LogP contribution in [-0.2, 0) is 0 Å². The molecule has 0 aromatic heterocycles. The summed E-state index contributed by atoms with van der Waals surface area (Å²) in [7, 11) is 0. The molecule has 62 valence electrons. The molecule has 2 rings (SSSR count). The van der Waals surface area contributed by atoms with Gasteiger partial charge in [-0.2, -0.15) is 0 Å². The SMILES string of the molecule is CC1CCC(C2=NCCN2)C1. The molecule has 1 fully saturated rings. The summed E-state index contributed by atoms with van der Waals surface area (Å²) in [5.74, 6) is 2.99. The highest BCUT2D eigenvalue weighted by atomic mass is 15.1. The average Bonchev–Trinajstić information content (AvgIpc) is 2.55. The molecule has 0 aromatic rings. The monoisotopic (exact) mass is 152 g/mol. The Labute approximate surface area is 68.1 Å². The summed E-state index contributed by atoms with van der Waals surface area (Å²) in [5, 5.41) is 3.37. The van der Waals surface area contributed by atoms with Crippen molar-refractivity contribution in [2.75, 3.05) is 13.1 Å². The van der Waals surface area contributed by atoms with Gasteiger partial charge >= 0.3 is 0 Å². The molecular formula is C9H16N2. The summed E-state index contributed by atoms with van der Waals surface area (Å²) in [4.78, 5) is 4.46. The normalized spacial score (nSPS) is 37.0. The highest BCUT2D eigenvalue weighted by Gasteiger charge is 2.26. The molecule has 0 radical (unpaired) electrons. The van der Waals surface area contributed by atoms with E-state index in [2.05, 4.69) is 17.2 Å². The van der Waals surface area contributed by atoms with Crippen LogP contribution in [0.4, 0.5) is 0 Å². The maximum Gasteiger partial charge on any atom is 0.0995 e. The molecule has 2 aliphatic rings. The van der Waals surface area contributed by atoms with E-state index in [0.717, 1.165) is 24.9 Å². The largest absolute Gasteiger partial charge is 0.372 e. The van der Waals surface area contributed by atoms with Crippen molar-refractivity contribution in [3.8, 4) is 0 Å². The van der Waals surface area contributed by atoms with E-state index in [1.54, 1.807) is 0 Å². The van der Waals surface area contributed by atoms with Crippen LogP contribution in [0.1, 0.15) is 26.2 Å². The molecular weight excluding hydrogens is 136 g/mol. The van der Waals surface area contributed by atoms with Crippen LogP contribution in [0.25, 0.3) is 0 Å². The smallest absolute Gasteiger partial charge is 0.0995 e. The van der Waals surface area contributed by atoms with Crippen molar-refractivity contribution in [2.24, 2.45) is 16.8 Å². The summed E-state index contributed by atoms with van der Waals surface area (Å²) in [6.45, 7) is 4.41. The number of aliphatic imine (C=N–C) groups is 1. The topological polar surface area (TPSA) is 24.4 Å². The van der Waals surface area contributed by atoms with Gasteiger partial charge in [-0.1, -0.05) is 6.92 Å². The lowest BCUT2D eigenvalue weighted by molar-refractivity contribution is 0.593. The van der Waals surface area contributed by atoms with Crippen LogP contribution in [-0.4, -0.2) is 18.9 Å². The molecule has 11 heavy (non-hydrogen) atoms. The van der Waals surface area contributed by atoms with Crippen molar-refractivity contribution in [3.05, 3.63) is 0 Å². The molecule has 0 aromatic carbocycles. The van der Waals surface area contributed by atoms with Gasteiger partial charge in [0, 0.05) is 12.5 Å². The van der Waals surface area contributed by atoms with Crippen molar-refractivity contribution >= 4 is 5.84 Å². The molecule has 1 heterocycles. The third-order valence-electron chi connectivity index (χ3n) is 2.78. The van der Waals surface area contributed by atoms with E-state index in [0.29, 0.717) is 0 Å². The van der Waals surface area contributed by atoms with E-state index in [1.165, 1.54) is 25.1 Å². The Balaban J connectivity index is 1.95. The van der Waals surface area contributed by atoms with Crippen LogP contribution >= 0.6 is 0 Å². The number of hydrogen-bond acceptors (Lipinski definition) is 2. The van der Waals surface area contributed by atoms with Gasteiger partial charge in [-0.25, -0.2) is 0 Å². The first-order valence-electron chi connectivity index (χ1n) is 4.64. The predicted molar refractivity (Wildman–Crippen MR) is 46.8 cm³/mol. The minimum Gasteiger partial charge on any atom is -0.372 e. The van der Waals surface area contributed by atoms with Gasteiger partial charge in [-0.05, 0) is 25.2 Å². The average molecular weight is 152 g/mol. The Hall–Kier alpha value is -0.530. The summed E-state index contributed by atoms with van der Waals surface area (Å²) in [5.41, 5.74) is 0. The Morgan fingerprint density at radius 2 is 2.36 bits per heavy atom. The van der Waals surface area contributed by atoms with Gasteiger partial charge in [0.1, 0.15) is 0 Å². The molecule has 2 unspecified atom stereocenters. The van der Waals surface area contributed by atoms with E-state index in [4.69, 9.17) is 0 Å². The zero-order valence-corrected chi connectivity index (χ0v) is 7.14. The minimum atomic E-state index is 0.771. The van der Waals surface area contributed by atoms with Crippen molar-refractivity contribution in [2.45, 2.75) is 26.2 Å². The number of nitrogens with one attached hydrogen (secondary N) is 1. The third kappa shape index (κ3) is 1.39. The zero-order chi connectivity index (χ0) is 7.68. The lowest BCUT2D eigenvalue weighted by Gasteiger charge is -2.09. The van der Waals surface area contributed by atoms with E-state index < -0.39 is 0 Å². The molecule has 2 heteroatoms. The van der Waals surface area contributed by atoms with E-state index in [-0.39, 0.29) is 0 Å². The van der Waals surface area contributed by atoms with E-state index >= 15 is 0 Å². The quantitative estimate of drug-likeness (QED) is 0.604. The molecule has 2 nitrogen and oxygen atoms in total. The summed E-state index contributed by atoms with van der Waals surface area (Å²) >= 11 is 0. The molecule has 1 aliphatic heterocycles. The van der Waals surface area contributed by atoms with Crippen molar-refractivity contribution < 1.29 is 0 Å². The Morgan fingerprint density at radius 3 is 2.91 bits per heavy atom. The molecule has 0 amide bonds. The fraction of sp³-hybridized carbons (Fsp3) is 0.889. The number of rotatable bonds is 1. The fourth-order valence-electron chi connectivity index (χ4n) is 2.15. The second-order valence-corrected chi connectivity index (χ2v) is 3.81. The third-order valence-corrected chi connectivity index (χ3v) is 2.78. The molecule has 1 N–H and O–H groups in total. The summed E-state index contributed by atoms with van der Waals surface area (Å²) in [6, 6.07) is 0. The molecule has 1 aliphatic carbocycles. The zero-order valence-electron chi connectivity index (χ0n) is 7.14. The van der Waals surface area contributed by atoms with E-state index in [1.807, 2.05) is 0 Å². The van der Waals surface area contributed by atoms with Gasteiger partial charge in [-0.3, -0.25) is 4.99 Å². The van der Waals surface area contributed by atoms with Gasteiger partial charge in [0.25, 0.3) is 0 Å². The summed E-state index contributed by atoms with van der Waals surface area (Å²) < 4.78 is 0. The Kier molecular flexibility index (Phi) is 1.84. The lowest BCUT2D eigenvalue weighted by Crippen LogP contribution is -2.25. The second kappa shape index (κ2) is 2.84. The van der Waals surface area contributed by atoms with Gasteiger partial charge in [0.15, 0.2) is 0 Å². The van der Waals surface area contributed by atoms with Gasteiger partial charge < -0.3 is 5.32 Å². The van der Waals surface area contributed by atoms with Crippen LogP contribution in [0.15, 0.2) is 4.99 Å². The van der Waals surface area contributed by atoms with Crippen LogP contribution in [0.2, 0.25) is 0 Å². The Bertz CT molecular complexity index is 174. The maximum absolute atomic E-state index is 4.46. The predicted octanol–water partition coefficient (Wildman–Crippen LogP) is 1.42. The maximum atomic E-state index is 4.46. The first kappa shape index (κ1) is 7.14. The van der Waals surface area contributed by atoms with Crippen LogP contribution in [0.5, 0.6) is 0 Å². The molecule has 0 saturated heterocycles. The molecule has 0 bridgehead atoms. The van der Waals surface area contributed by atoms with Crippen molar-refractivity contribution in [1.29, 1.82) is 0 Å². The number of amidine groups is 1. The highest BCUT2D eigenvalue weighted by Crippen LogP contribution is 2.31. The van der Waals surface area contributed by atoms with Crippen LogP contribution < -0.4 is 5.32 Å². The van der Waals surface area contributed by atoms with Gasteiger partial charge in [0.2, 0.25) is 0 Å².